The standard InChI is InChI=1S/C8H12O3/c1-3-6(2)8(9)11-5-7-4-10-7/h3,6-7H,1,4-5H2,2H3. The first-order valence-electron chi connectivity index (χ1n) is 3.65. The average molecular weight is 156 g/mol. The summed E-state index contributed by atoms with van der Waals surface area (Å²) in [4.78, 5) is 11.0. The van der Waals surface area contributed by atoms with E-state index in [0.29, 0.717) is 6.61 Å². The lowest BCUT2D eigenvalue weighted by atomic mass is 10.2. The van der Waals surface area contributed by atoms with Crippen molar-refractivity contribution in [3.63, 3.8) is 0 Å². The lowest BCUT2D eigenvalue weighted by Gasteiger charge is -2.04. The number of rotatable bonds is 4. The Morgan fingerprint density at radius 3 is 3.09 bits per heavy atom. The first kappa shape index (κ1) is 8.27. The van der Waals surface area contributed by atoms with E-state index in [1.807, 2.05) is 0 Å². The van der Waals surface area contributed by atoms with Crippen LogP contribution >= 0.6 is 0 Å². The van der Waals surface area contributed by atoms with E-state index in [1.54, 1.807) is 13.0 Å². The minimum Gasteiger partial charge on any atom is -0.462 e. The summed E-state index contributed by atoms with van der Waals surface area (Å²) >= 11 is 0. The summed E-state index contributed by atoms with van der Waals surface area (Å²) in [6.07, 6.45) is 1.71. The molecule has 1 aliphatic heterocycles. The second-order valence-electron chi connectivity index (χ2n) is 2.61. The van der Waals surface area contributed by atoms with Gasteiger partial charge in [-0.2, -0.15) is 0 Å². The summed E-state index contributed by atoms with van der Waals surface area (Å²) in [7, 11) is 0. The molecule has 0 N–H and O–H groups in total. The summed E-state index contributed by atoms with van der Waals surface area (Å²) in [6.45, 7) is 6.35. The maximum absolute atomic E-state index is 11.0. The highest BCUT2D eigenvalue weighted by atomic mass is 16.6. The third-order valence-corrected chi connectivity index (χ3v) is 1.54. The Kier molecular flexibility index (Phi) is 2.65. The van der Waals surface area contributed by atoms with Crippen molar-refractivity contribution in [2.75, 3.05) is 13.2 Å². The molecule has 0 radical (unpaired) electrons. The quantitative estimate of drug-likeness (QED) is 0.342. The molecular formula is C8H12O3. The molecule has 1 rings (SSSR count). The number of epoxide rings is 1. The second kappa shape index (κ2) is 3.53. The lowest BCUT2D eigenvalue weighted by molar-refractivity contribution is -0.146. The fourth-order valence-electron chi connectivity index (χ4n) is 0.567. The molecule has 1 aliphatic rings. The van der Waals surface area contributed by atoms with Crippen LogP contribution in [0.1, 0.15) is 6.92 Å². The van der Waals surface area contributed by atoms with Crippen LogP contribution in [0.3, 0.4) is 0 Å². The van der Waals surface area contributed by atoms with Gasteiger partial charge in [0.2, 0.25) is 0 Å². The van der Waals surface area contributed by atoms with Gasteiger partial charge in [0, 0.05) is 0 Å². The van der Waals surface area contributed by atoms with Crippen molar-refractivity contribution in [1.29, 1.82) is 0 Å². The van der Waals surface area contributed by atoms with Crippen molar-refractivity contribution >= 4 is 5.97 Å². The Labute approximate surface area is 66.0 Å². The average Bonchev–Trinajstić information content (AvgIpc) is 2.81. The van der Waals surface area contributed by atoms with Crippen molar-refractivity contribution in [1.82, 2.24) is 0 Å². The summed E-state index contributed by atoms with van der Waals surface area (Å²) in [5.41, 5.74) is 0. The van der Waals surface area contributed by atoms with Crippen LogP contribution in [0.25, 0.3) is 0 Å². The topological polar surface area (TPSA) is 38.8 Å². The zero-order chi connectivity index (χ0) is 8.27. The Hall–Kier alpha value is -0.830. The summed E-state index contributed by atoms with van der Waals surface area (Å²) in [5.74, 6) is -0.441. The van der Waals surface area contributed by atoms with Crippen LogP contribution in [0.2, 0.25) is 0 Å². The van der Waals surface area contributed by atoms with Gasteiger partial charge in [-0.05, 0) is 6.92 Å². The van der Waals surface area contributed by atoms with Gasteiger partial charge >= 0.3 is 5.97 Å². The molecule has 0 aromatic carbocycles. The molecule has 3 heteroatoms. The van der Waals surface area contributed by atoms with Gasteiger partial charge in [0.25, 0.3) is 0 Å². The fraction of sp³-hybridized carbons (Fsp3) is 0.625. The van der Waals surface area contributed by atoms with E-state index in [9.17, 15) is 4.79 Å². The highest BCUT2D eigenvalue weighted by Gasteiger charge is 2.24. The minimum atomic E-state index is -0.226. The Bertz CT molecular complexity index is 161. The third-order valence-electron chi connectivity index (χ3n) is 1.54. The van der Waals surface area contributed by atoms with E-state index < -0.39 is 0 Å². The molecule has 2 unspecified atom stereocenters. The number of ether oxygens (including phenoxy) is 2. The maximum Gasteiger partial charge on any atom is 0.312 e. The molecule has 1 saturated heterocycles. The Balaban J connectivity index is 2.13. The van der Waals surface area contributed by atoms with Crippen LogP contribution in [0.15, 0.2) is 12.7 Å². The van der Waals surface area contributed by atoms with Gasteiger partial charge in [-0.15, -0.1) is 6.58 Å². The van der Waals surface area contributed by atoms with Gasteiger partial charge in [0.1, 0.15) is 12.7 Å². The van der Waals surface area contributed by atoms with Crippen LogP contribution in [-0.4, -0.2) is 25.3 Å². The minimum absolute atomic E-state index is 0.149. The van der Waals surface area contributed by atoms with E-state index in [4.69, 9.17) is 9.47 Å². The summed E-state index contributed by atoms with van der Waals surface area (Å²) in [5, 5.41) is 0. The van der Waals surface area contributed by atoms with Crippen molar-refractivity contribution in [3.8, 4) is 0 Å². The molecule has 0 bridgehead atoms. The highest BCUT2D eigenvalue weighted by Crippen LogP contribution is 2.10. The zero-order valence-electron chi connectivity index (χ0n) is 6.58. The molecule has 0 aromatic rings. The predicted molar refractivity (Wildman–Crippen MR) is 40.1 cm³/mol. The molecule has 62 valence electrons. The van der Waals surface area contributed by atoms with Gasteiger partial charge in [0.05, 0.1) is 12.5 Å². The molecule has 0 aliphatic carbocycles. The fourth-order valence-corrected chi connectivity index (χ4v) is 0.567. The summed E-state index contributed by atoms with van der Waals surface area (Å²) in [6, 6.07) is 0. The van der Waals surface area contributed by atoms with Crippen LogP contribution in [-0.2, 0) is 14.3 Å². The molecule has 0 saturated carbocycles. The number of esters is 1. The molecular weight excluding hydrogens is 144 g/mol. The maximum atomic E-state index is 11.0. The first-order chi connectivity index (χ1) is 5.24. The van der Waals surface area contributed by atoms with Crippen molar-refractivity contribution in [3.05, 3.63) is 12.7 Å². The van der Waals surface area contributed by atoms with E-state index in [-0.39, 0.29) is 18.0 Å². The molecule has 0 spiro atoms. The zero-order valence-corrected chi connectivity index (χ0v) is 6.58. The lowest BCUT2D eigenvalue weighted by Crippen LogP contribution is -2.15. The van der Waals surface area contributed by atoms with Crippen LogP contribution in [0.4, 0.5) is 0 Å². The van der Waals surface area contributed by atoms with Crippen LogP contribution in [0, 0.1) is 5.92 Å². The van der Waals surface area contributed by atoms with Crippen molar-refractivity contribution in [2.24, 2.45) is 5.92 Å². The largest absolute Gasteiger partial charge is 0.462 e. The third kappa shape index (κ3) is 2.72. The number of carbonyl (C=O) groups is 1. The second-order valence-corrected chi connectivity index (χ2v) is 2.61. The van der Waals surface area contributed by atoms with Crippen LogP contribution < -0.4 is 0 Å². The van der Waals surface area contributed by atoms with E-state index in [1.165, 1.54) is 0 Å². The van der Waals surface area contributed by atoms with E-state index in [0.717, 1.165) is 6.61 Å². The van der Waals surface area contributed by atoms with Crippen LogP contribution in [0.5, 0.6) is 0 Å². The summed E-state index contributed by atoms with van der Waals surface area (Å²) < 4.78 is 9.75. The Morgan fingerprint density at radius 1 is 2.00 bits per heavy atom. The van der Waals surface area contributed by atoms with Gasteiger partial charge in [-0.3, -0.25) is 4.79 Å². The Morgan fingerprint density at radius 2 is 2.64 bits per heavy atom. The van der Waals surface area contributed by atoms with Gasteiger partial charge in [-0.1, -0.05) is 6.08 Å². The SMILES string of the molecule is C=CC(C)C(=O)OCC1CO1. The molecule has 0 aromatic heterocycles. The normalized spacial score (nSPS) is 23.9. The van der Waals surface area contributed by atoms with E-state index >= 15 is 0 Å². The van der Waals surface area contributed by atoms with Gasteiger partial charge < -0.3 is 9.47 Å². The first-order valence-corrected chi connectivity index (χ1v) is 3.65. The molecule has 1 fully saturated rings. The smallest absolute Gasteiger partial charge is 0.312 e. The molecule has 11 heavy (non-hydrogen) atoms. The molecule has 1 heterocycles. The highest BCUT2D eigenvalue weighted by molar-refractivity contribution is 5.73. The molecule has 2 atom stereocenters. The van der Waals surface area contributed by atoms with Gasteiger partial charge in [0.15, 0.2) is 0 Å². The number of hydrogen-bond acceptors (Lipinski definition) is 3. The van der Waals surface area contributed by atoms with Crippen molar-refractivity contribution in [2.45, 2.75) is 13.0 Å². The van der Waals surface area contributed by atoms with Crippen molar-refractivity contribution < 1.29 is 14.3 Å². The number of carbonyl (C=O) groups excluding carboxylic acids is 1. The van der Waals surface area contributed by atoms with E-state index in [2.05, 4.69) is 6.58 Å². The molecule has 3 nitrogen and oxygen atoms in total. The molecule has 0 amide bonds. The monoisotopic (exact) mass is 156 g/mol. The number of hydrogen-bond donors (Lipinski definition) is 0. The van der Waals surface area contributed by atoms with Gasteiger partial charge in [-0.25, -0.2) is 0 Å². The predicted octanol–water partition coefficient (Wildman–Crippen LogP) is 0.750.